The summed E-state index contributed by atoms with van der Waals surface area (Å²) in [6, 6.07) is 0. The van der Waals surface area contributed by atoms with Gasteiger partial charge in [-0.25, -0.2) is 9.59 Å². The summed E-state index contributed by atoms with van der Waals surface area (Å²) in [7, 11) is 0. The van der Waals surface area contributed by atoms with Gasteiger partial charge in [0.1, 0.15) is 0 Å². The van der Waals surface area contributed by atoms with Gasteiger partial charge < -0.3 is 9.47 Å². The van der Waals surface area contributed by atoms with Gasteiger partial charge in [0.15, 0.2) is 0 Å². The average Bonchev–Trinajstić information content (AvgIpc) is 2.52. The molecule has 0 aliphatic carbocycles. The van der Waals surface area contributed by atoms with Crippen molar-refractivity contribution in [1.82, 2.24) is 0 Å². The minimum absolute atomic E-state index is 0.374. The molecule has 22 heavy (non-hydrogen) atoms. The van der Waals surface area contributed by atoms with Crippen LogP contribution in [0.3, 0.4) is 0 Å². The first kappa shape index (κ1) is 20.2. The minimum Gasteiger partial charge on any atom is -0.463 e. The van der Waals surface area contributed by atoms with E-state index in [0.29, 0.717) is 13.2 Å². The Kier molecular flexibility index (Phi) is 14.2. The third-order valence-corrected chi connectivity index (χ3v) is 2.95. The third-order valence-electron chi connectivity index (χ3n) is 2.95. The first-order chi connectivity index (χ1) is 10.7. The maximum atomic E-state index is 11.3. The maximum Gasteiger partial charge on any atom is 0.331 e. The van der Waals surface area contributed by atoms with E-state index >= 15 is 0 Å². The molecule has 0 atom stereocenters. The number of hydrogen-bond acceptors (Lipinski definition) is 4. The van der Waals surface area contributed by atoms with Crippen molar-refractivity contribution >= 4 is 11.9 Å². The Balaban J connectivity index is 3.54. The van der Waals surface area contributed by atoms with Crippen molar-refractivity contribution < 1.29 is 19.1 Å². The molecule has 0 bridgehead atoms. The highest BCUT2D eigenvalue weighted by atomic mass is 16.5. The molecule has 0 amide bonds. The quantitative estimate of drug-likeness (QED) is 0.210. The summed E-state index contributed by atoms with van der Waals surface area (Å²) in [5.74, 6) is -1.02. The van der Waals surface area contributed by atoms with Crippen LogP contribution in [0.4, 0.5) is 0 Å². The zero-order valence-corrected chi connectivity index (χ0v) is 13.4. The van der Waals surface area contributed by atoms with Gasteiger partial charge >= 0.3 is 11.9 Å². The van der Waals surface area contributed by atoms with Crippen LogP contribution in [-0.2, 0) is 19.1 Å². The molecule has 0 spiro atoms. The second-order valence-electron chi connectivity index (χ2n) is 4.94. The van der Waals surface area contributed by atoms with E-state index in [-0.39, 0.29) is 0 Å². The van der Waals surface area contributed by atoms with Crippen molar-refractivity contribution in [2.75, 3.05) is 13.2 Å². The molecule has 0 saturated heterocycles. The normalized spacial score (nSPS) is 10.4. The van der Waals surface area contributed by atoms with Crippen LogP contribution in [-0.4, -0.2) is 25.2 Å². The van der Waals surface area contributed by atoms with E-state index in [9.17, 15) is 9.59 Å². The topological polar surface area (TPSA) is 52.6 Å². The molecule has 0 radical (unpaired) electrons. The zero-order chi connectivity index (χ0) is 16.5. The Morgan fingerprint density at radius 2 is 1.09 bits per heavy atom. The van der Waals surface area contributed by atoms with E-state index < -0.39 is 11.9 Å². The van der Waals surface area contributed by atoms with Gasteiger partial charge in [0, 0.05) is 12.2 Å². The first-order valence-corrected chi connectivity index (χ1v) is 7.94. The predicted octanol–water partition coefficient (Wildman–Crippen LogP) is 4.12. The molecule has 0 heterocycles. The SMILES string of the molecule is C=CCCCCCOC(=O)/C=C\C(=O)OCCCCCC=C. The van der Waals surface area contributed by atoms with Gasteiger partial charge in [0.25, 0.3) is 0 Å². The summed E-state index contributed by atoms with van der Waals surface area (Å²) in [6.45, 7) is 8.04. The van der Waals surface area contributed by atoms with Gasteiger partial charge in [0.05, 0.1) is 13.2 Å². The number of carbonyl (C=O) groups excluding carboxylic acids is 2. The largest absolute Gasteiger partial charge is 0.463 e. The standard InChI is InChI=1S/C18H28O4/c1-3-5-7-9-11-15-21-17(19)13-14-18(20)22-16-12-10-8-6-4-2/h3-4,13-14H,1-2,5-12,15-16H2/b14-13-. The third kappa shape index (κ3) is 14.6. The van der Waals surface area contributed by atoms with E-state index in [1.165, 1.54) is 0 Å². The fourth-order valence-electron chi connectivity index (χ4n) is 1.71. The summed E-state index contributed by atoms with van der Waals surface area (Å²) in [5.41, 5.74) is 0. The molecule has 0 rings (SSSR count). The molecule has 0 aromatic heterocycles. The van der Waals surface area contributed by atoms with Crippen molar-refractivity contribution in [3.8, 4) is 0 Å². The molecule has 0 saturated carbocycles. The molecular weight excluding hydrogens is 280 g/mol. The van der Waals surface area contributed by atoms with Crippen LogP contribution < -0.4 is 0 Å². The number of esters is 2. The zero-order valence-electron chi connectivity index (χ0n) is 13.4. The Hall–Kier alpha value is -1.84. The Labute approximate surface area is 133 Å². The second kappa shape index (κ2) is 15.5. The molecule has 0 unspecified atom stereocenters. The first-order valence-electron chi connectivity index (χ1n) is 7.94. The molecule has 0 N–H and O–H groups in total. The van der Waals surface area contributed by atoms with E-state index in [0.717, 1.165) is 63.5 Å². The number of rotatable bonds is 14. The smallest absolute Gasteiger partial charge is 0.331 e. The molecule has 0 fully saturated rings. The van der Waals surface area contributed by atoms with Gasteiger partial charge in [0.2, 0.25) is 0 Å². The lowest BCUT2D eigenvalue weighted by Crippen LogP contribution is -2.06. The van der Waals surface area contributed by atoms with Crippen LogP contribution in [0.5, 0.6) is 0 Å². The fourth-order valence-corrected chi connectivity index (χ4v) is 1.71. The predicted molar refractivity (Wildman–Crippen MR) is 88.4 cm³/mol. The summed E-state index contributed by atoms with van der Waals surface area (Å²) < 4.78 is 9.95. The van der Waals surface area contributed by atoms with E-state index in [4.69, 9.17) is 9.47 Å². The Morgan fingerprint density at radius 3 is 1.45 bits per heavy atom. The highest BCUT2D eigenvalue weighted by Crippen LogP contribution is 2.01. The van der Waals surface area contributed by atoms with Gasteiger partial charge in [-0.3, -0.25) is 0 Å². The summed E-state index contributed by atoms with van der Waals surface area (Å²) in [6.07, 6.45) is 13.7. The number of ether oxygens (including phenoxy) is 2. The van der Waals surface area contributed by atoms with E-state index in [1.54, 1.807) is 0 Å². The van der Waals surface area contributed by atoms with Gasteiger partial charge in [-0.2, -0.15) is 0 Å². The van der Waals surface area contributed by atoms with Crippen molar-refractivity contribution in [2.24, 2.45) is 0 Å². The Morgan fingerprint density at radius 1 is 0.682 bits per heavy atom. The van der Waals surface area contributed by atoms with Crippen molar-refractivity contribution in [3.63, 3.8) is 0 Å². The second-order valence-corrected chi connectivity index (χ2v) is 4.94. The van der Waals surface area contributed by atoms with Crippen LogP contribution in [0.25, 0.3) is 0 Å². The lowest BCUT2D eigenvalue weighted by molar-refractivity contribution is -0.140. The number of unbranched alkanes of at least 4 members (excludes halogenated alkanes) is 6. The lowest BCUT2D eigenvalue weighted by Gasteiger charge is -2.02. The van der Waals surface area contributed by atoms with Crippen molar-refractivity contribution in [1.29, 1.82) is 0 Å². The molecule has 0 aromatic rings. The van der Waals surface area contributed by atoms with Crippen molar-refractivity contribution in [3.05, 3.63) is 37.5 Å². The molecule has 0 aliphatic heterocycles. The highest BCUT2D eigenvalue weighted by Gasteiger charge is 2.01. The summed E-state index contributed by atoms with van der Waals surface area (Å²) >= 11 is 0. The lowest BCUT2D eigenvalue weighted by atomic mass is 10.2. The molecule has 0 aromatic carbocycles. The van der Waals surface area contributed by atoms with Gasteiger partial charge in [-0.1, -0.05) is 12.2 Å². The van der Waals surface area contributed by atoms with Gasteiger partial charge in [-0.15, -0.1) is 13.2 Å². The number of hydrogen-bond donors (Lipinski definition) is 0. The molecule has 4 heteroatoms. The Bertz CT molecular complexity index is 324. The van der Waals surface area contributed by atoms with Crippen LogP contribution in [0.2, 0.25) is 0 Å². The van der Waals surface area contributed by atoms with Crippen LogP contribution in [0.1, 0.15) is 51.4 Å². The van der Waals surface area contributed by atoms with Crippen LogP contribution >= 0.6 is 0 Å². The van der Waals surface area contributed by atoms with Crippen molar-refractivity contribution in [2.45, 2.75) is 51.4 Å². The summed E-state index contributed by atoms with van der Waals surface area (Å²) in [4.78, 5) is 22.7. The average molecular weight is 308 g/mol. The summed E-state index contributed by atoms with van der Waals surface area (Å²) in [5, 5.41) is 0. The molecule has 0 aliphatic rings. The number of allylic oxidation sites excluding steroid dienone is 2. The number of carbonyl (C=O) groups is 2. The molecular formula is C18H28O4. The van der Waals surface area contributed by atoms with Crippen LogP contribution in [0.15, 0.2) is 37.5 Å². The van der Waals surface area contributed by atoms with E-state index in [1.807, 2.05) is 12.2 Å². The highest BCUT2D eigenvalue weighted by molar-refractivity contribution is 5.91. The fraction of sp³-hybridized carbons (Fsp3) is 0.556. The van der Waals surface area contributed by atoms with Gasteiger partial charge in [-0.05, 0) is 51.4 Å². The molecule has 4 nitrogen and oxygen atoms in total. The monoisotopic (exact) mass is 308 g/mol. The minimum atomic E-state index is -0.508. The maximum absolute atomic E-state index is 11.3. The molecule has 124 valence electrons. The van der Waals surface area contributed by atoms with E-state index in [2.05, 4.69) is 13.2 Å². The van der Waals surface area contributed by atoms with Crippen LogP contribution in [0, 0.1) is 0 Å².